The molecule has 0 amide bonds. The number of nitriles is 1. The van der Waals surface area contributed by atoms with E-state index < -0.39 is 13.9 Å². The van der Waals surface area contributed by atoms with Crippen molar-refractivity contribution in [1.29, 1.82) is 5.26 Å². The van der Waals surface area contributed by atoms with Gasteiger partial charge in [-0.3, -0.25) is 4.52 Å². The van der Waals surface area contributed by atoms with Gasteiger partial charge in [-0.2, -0.15) is 5.26 Å². The van der Waals surface area contributed by atoms with E-state index in [1.165, 1.54) is 104 Å². The summed E-state index contributed by atoms with van der Waals surface area (Å²) in [6, 6.07) is 5.39. The third-order valence-electron chi connectivity index (χ3n) is 7.04. The maximum absolute atomic E-state index is 11.2. The van der Waals surface area contributed by atoms with Gasteiger partial charge in [-0.05, 0) is 24.1 Å². The molecule has 10 heteroatoms. The summed E-state index contributed by atoms with van der Waals surface area (Å²) in [5, 5.41) is 9.35. The average molecular weight is 600 g/mol. The fourth-order valence-corrected chi connectivity index (χ4v) is 5.03. The molecule has 1 unspecified atom stereocenters. The SMILES string of the molecule is CCCCCCCCCCCCCCCCCCOCC(COP(=O)(O)O)OCc1cc(OC)c(C#N)c(OC)c1. The van der Waals surface area contributed by atoms with Crippen molar-refractivity contribution < 1.29 is 37.8 Å². The first kappa shape index (κ1) is 37.4. The Bertz CT molecular complexity index is 860. The number of methoxy groups -OCH3 is 2. The highest BCUT2D eigenvalue weighted by Crippen LogP contribution is 2.36. The normalized spacial score (nSPS) is 12.3. The van der Waals surface area contributed by atoms with E-state index in [0.29, 0.717) is 23.7 Å². The third-order valence-corrected chi connectivity index (χ3v) is 7.52. The third kappa shape index (κ3) is 19.2. The molecule has 236 valence electrons. The minimum Gasteiger partial charge on any atom is -0.495 e. The van der Waals surface area contributed by atoms with Gasteiger partial charge in [0.2, 0.25) is 0 Å². The van der Waals surface area contributed by atoms with E-state index in [-0.39, 0.29) is 25.4 Å². The molecule has 1 aromatic carbocycles. The van der Waals surface area contributed by atoms with Gasteiger partial charge in [0.25, 0.3) is 0 Å². The number of ether oxygens (including phenoxy) is 4. The minimum atomic E-state index is -4.64. The summed E-state index contributed by atoms with van der Waals surface area (Å²) in [5.74, 6) is 0.710. The summed E-state index contributed by atoms with van der Waals surface area (Å²) >= 11 is 0. The summed E-state index contributed by atoms with van der Waals surface area (Å²) in [6.45, 7) is 2.74. The van der Waals surface area contributed by atoms with Crippen LogP contribution in [0, 0.1) is 11.3 Å². The largest absolute Gasteiger partial charge is 0.495 e. The lowest BCUT2D eigenvalue weighted by Crippen LogP contribution is -2.25. The van der Waals surface area contributed by atoms with Crippen LogP contribution in [-0.2, 0) is 25.2 Å². The van der Waals surface area contributed by atoms with Gasteiger partial charge in [-0.1, -0.05) is 103 Å². The molecule has 0 spiro atoms. The van der Waals surface area contributed by atoms with Crippen LogP contribution in [0.1, 0.15) is 121 Å². The van der Waals surface area contributed by atoms with Gasteiger partial charge in [-0.25, -0.2) is 4.57 Å². The zero-order valence-corrected chi connectivity index (χ0v) is 26.5. The fourth-order valence-electron chi connectivity index (χ4n) is 4.67. The molecule has 41 heavy (non-hydrogen) atoms. The number of unbranched alkanes of at least 4 members (excludes halogenated alkanes) is 15. The maximum Gasteiger partial charge on any atom is 0.469 e. The Hall–Kier alpha value is -1.66. The van der Waals surface area contributed by atoms with Crippen LogP contribution in [0.2, 0.25) is 0 Å². The zero-order chi connectivity index (χ0) is 30.2. The molecule has 1 atom stereocenters. The molecule has 1 aromatic rings. The number of benzene rings is 1. The summed E-state index contributed by atoms with van der Waals surface area (Å²) in [6.07, 6.45) is 20.2. The van der Waals surface area contributed by atoms with Crippen LogP contribution >= 0.6 is 7.82 Å². The van der Waals surface area contributed by atoms with Crippen LogP contribution in [0.15, 0.2) is 12.1 Å². The first-order valence-electron chi connectivity index (χ1n) is 15.4. The smallest absolute Gasteiger partial charge is 0.469 e. The predicted molar refractivity (Wildman–Crippen MR) is 161 cm³/mol. The van der Waals surface area contributed by atoms with E-state index in [0.717, 1.165) is 12.8 Å². The van der Waals surface area contributed by atoms with Crippen LogP contribution in [0.25, 0.3) is 0 Å². The van der Waals surface area contributed by atoms with Crippen molar-refractivity contribution in [2.75, 3.05) is 34.0 Å². The highest BCUT2D eigenvalue weighted by Gasteiger charge is 2.20. The molecule has 0 aromatic heterocycles. The number of hydrogen-bond acceptors (Lipinski definition) is 7. The molecule has 2 N–H and O–H groups in total. The van der Waals surface area contributed by atoms with Crippen LogP contribution in [-0.4, -0.2) is 49.9 Å². The first-order valence-corrected chi connectivity index (χ1v) is 16.9. The van der Waals surface area contributed by atoms with Crippen LogP contribution in [0.3, 0.4) is 0 Å². The van der Waals surface area contributed by atoms with Gasteiger partial charge in [0, 0.05) is 6.61 Å². The number of phosphoric acid groups is 1. The van der Waals surface area contributed by atoms with Crippen LogP contribution in [0.5, 0.6) is 11.5 Å². The van der Waals surface area contributed by atoms with E-state index in [2.05, 4.69) is 17.5 Å². The topological polar surface area (TPSA) is 127 Å². The van der Waals surface area contributed by atoms with Gasteiger partial charge in [-0.15, -0.1) is 0 Å². The monoisotopic (exact) mass is 599 g/mol. The Kier molecular flexibility index (Phi) is 21.7. The molecular weight excluding hydrogens is 545 g/mol. The maximum atomic E-state index is 11.2. The quantitative estimate of drug-likeness (QED) is 0.0767. The van der Waals surface area contributed by atoms with E-state index in [1.54, 1.807) is 12.1 Å². The van der Waals surface area contributed by atoms with Crippen molar-refractivity contribution in [2.24, 2.45) is 0 Å². The van der Waals surface area contributed by atoms with Crippen molar-refractivity contribution in [1.82, 2.24) is 0 Å². The summed E-state index contributed by atoms with van der Waals surface area (Å²) in [7, 11) is -1.72. The van der Waals surface area contributed by atoms with Gasteiger partial charge in [0.15, 0.2) is 0 Å². The standard InChI is InChI=1S/C31H54NO8P/c1-4-5-6-7-8-9-10-11-12-13-14-15-16-17-18-19-20-38-25-28(26-40-41(33,34)35)39-24-27-21-30(36-2)29(23-32)31(22-27)37-3/h21-22,28H,4-20,24-26H2,1-3H3,(H2,33,34,35). The summed E-state index contributed by atoms with van der Waals surface area (Å²) in [4.78, 5) is 18.2. The Labute approximate surface area is 248 Å². The Morgan fingerprint density at radius 2 is 1.24 bits per heavy atom. The zero-order valence-electron chi connectivity index (χ0n) is 25.6. The molecule has 0 heterocycles. The number of hydrogen-bond donors (Lipinski definition) is 2. The van der Waals surface area contributed by atoms with Gasteiger partial charge in [0.1, 0.15) is 29.2 Å². The van der Waals surface area contributed by atoms with Crippen molar-refractivity contribution >= 4 is 7.82 Å². The average Bonchev–Trinajstić information content (AvgIpc) is 2.96. The molecule has 0 aliphatic carbocycles. The molecule has 0 aliphatic heterocycles. The summed E-state index contributed by atoms with van der Waals surface area (Å²) < 4.78 is 38.0. The molecule has 1 rings (SSSR count). The second-order valence-electron chi connectivity index (χ2n) is 10.6. The Balaban J connectivity index is 2.22. The van der Waals surface area contributed by atoms with Crippen molar-refractivity contribution in [2.45, 2.75) is 122 Å². The van der Waals surface area contributed by atoms with Crippen molar-refractivity contribution in [3.63, 3.8) is 0 Å². The van der Waals surface area contributed by atoms with E-state index in [1.807, 2.05) is 0 Å². The molecule has 9 nitrogen and oxygen atoms in total. The highest BCUT2D eigenvalue weighted by atomic mass is 31.2. The number of phosphoric ester groups is 1. The predicted octanol–water partition coefficient (Wildman–Crippen LogP) is 7.85. The van der Waals surface area contributed by atoms with E-state index in [4.69, 9.17) is 28.7 Å². The Morgan fingerprint density at radius 3 is 1.66 bits per heavy atom. The minimum absolute atomic E-state index is 0.0933. The van der Waals surface area contributed by atoms with Gasteiger partial charge < -0.3 is 28.7 Å². The molecule has 0 aliphatic rings. The van der Waals surface area contributed by atoms with Gasteiger partial charge >= 0.3 is 7.82 Å². The molecule has 0 saturated carbocycles. The van der Waals surface area contributed by atoms with Crippen molar-refractivity contribution in [3.05, 3.63) is 23.3 Å². The van der Waals surface area contributed by atoms with Gasteiger partial charge in [0.05, 0.1) is 34.0 Å². The van der Waals surface area contributed by atoms with Crippen LogP contribution < -0.4 is 9.47 Å². The van der Waals surface area contributed by atoms with Crippen molar-refractivity contribution in [3.8, 4) is 17.6 Å². The van der Waals surface area contributed by atoms with E-state index in [9.17, 15) is 9.83 Å². The lowest BCUT2D eigenvalue weighted by atomic mass is 10.0. The summed E-state index contributed by atoms with van der Waals surface area (Å²) in [5.41, 5.74) is 0.957. The molecule has 0 bridgehead atoms. The fraction of sp³-hybridized carbons (Fsp3) is 0.774. The molecule has 0 saturated heterocycles. The molecule has 0 radical (unpaired) electrons. The van der Waals surface area contributed by atoms with Crippen LogP contribution in [0.4, 0.5) is 0 Å². The second kappa shape index (κ2) is 23.9. The lowest BCUT2D eigenvalue weighted by molar-refractivity contribution is -0.0493. The van der Waals surface area contributed by atoms with E-state index >= 15 is 0 Å². The molecule has 0 fully saturated rings. The Morgan fingerprint density at radius 1 is 0.780 bits per heavy atom. The molecular formula is C31H54NO8P. The number of rotatable bonds is 27. The number of nitrogens with zero attached hydrogens (tertiary/aromatic N) is 1. The second-order valence-corrected chi connectivity index (χ2v) is 11.8. The first-order chi connectivity index (χ1) is 19.8. The lowest BCUT2D eigenvalue weighted by Gasteiger charge is -2.19. The highest BCUT2D eigenvalue weighted by molar-refractivity contribution is 7.46.